The fourth-order valence-electron chi connectivity index (χ4n) is 8.53. The Labute approximate surface area is 305 Å². The summed E-state index contributed by atoms with van der Waals surface area (Å²) in [6.07, 6.45) is 0. The molecule has 0 atom stereocenters. The highest BCUT2D eigenvalue weighted by Gasteiger charge is 2.50. The Hall–Kier alpha value is -7.11. The van der Waals surface area contributed by atoms with Gasteiger partial charge in [-0.2, -0.15) is 9.97 Å². The minimum absolute atomic E-state index is 0.562. The molecule has 10 aromatic rings. The summed E-state index contributed by atoms with van der Waals surface area (Å²) in [7, 11) is 0. The molecule has 3 aromatic heterocycles. The van der Waals surface area contributed by atoms with Crippen molar-refractivity contribution in [2.45, 2.75) is 5.41 Å². The van der Waals surface area contributed by atoms with Crippen molar-refractivity contribution in [1.82, 2.24) is 19.5 Å². The molecule has 0 radical (unpaired) electrons. The van der Waals surface area contributed by atoms with Crippen molar-refractivity contribution >= 4 is 32.8 Å². The van der Waals surface area contributed by atoms with Gasteiger partial charge in [0.25, 0.3) is 0 Å². The second-order valence-electron chi connectivity index (χ2n) is 13.6. The molecule has 1 aliphatic carbocycles. The molecule has 7 aromatic carbocycles. The van der Waals surface area contributed by atoms with Crippen LogP contribution in [-0.4, -0.2) is 19.5 Å². The molecule has 0 unspecified atom stereocenters. The quantitative estimate of drug-likeness (QED) is 0.182. The molecule has 0 saturated heterocycles. The molecule has 0 amide bonds. The summed E-state index contributed by atoms with van der Waals surface area (Å²) in [6.45, 7) is 0. The topological polar surface area (TPSA) is 56.7 Å². The molecule has 53 heavy (non-hydrogen) atoms. The molecule has 0 N–H and O–H groups in total. The zero-order valence-electron chi connectivity index (χ0n) is 28.5. The number of rotatable bonds is 5. The van der Waals surface area contributed by atoms with E-state index >= 15 is 0 Å². The Balaban J connectivity index is 1.27. The summed E-state index contributed by atoms with van der Waals surface area (Å²) in [5, 5.41) is 3.24. The third kappa shape index (κ3) is 4.28. The first-order valence-electron chi connectivity index (χ1n) is 17.9. The molecule has 11 rings (SSSR count). The molecule has 0 saturated carbocycles. The fourth-order valence-corrected chi connectivity index (χ4v) is 8.53. The van der Waals surface area contributed by atoms with E-state index in [1.807, 2.05) is 48.5 Å². The van der Waals surface area contributed by atoms with Gasteiger partial charge < -0.3 is 4.42 Å². The van der Waals surface area contributed by atoms with Gasteiger partial charge >= 0.3 is 0 Å². The van der Waals surface area contributed by atoms with Crippen LogP contribution in [0.25, 0.3) is 72.7 Å². The molecule has 248 valence electrons. The first-order chi connectivity index (χ1) is 26.3. The van der Waals surface area contributed by atoms with E-state index in [2.05, 4.69) is 138 Å². The van der Waals surface area contributed by atoms with E-state index in [0.717, 1.165) is 49.7 Å². The lowest BCUT2D eigenvalue weighted by Crippen LogP contribution is -2.31. The van der Waals surface area contributed by atoms with Crippen molar-refractivity contribution < 1.29 is 4.42 Å². The Morgan fingerprint density at radius 1 is 0.453 bits per heavy atom. The molecular weight excluding hydrogens is 649 g/mol. The SMILES string of the molecule is c1ccc(-c2nc(-c3ccc4oc5ccccc5c4c3)nc(-n3c4c(c5ccccc53)-c3ccccc3C4(c3ccccc3)c3ccccc3)n2)cc1. The van der Waals surface area contributed by atoms with Gasteiger partial charge in [-0.05, 0) is 52.6 Å². The lowest BCUT2D eigenvalue weighted by molar-refractivity contribution is 0.669. The van der Waals surface area contributed by atoms with Crippen LogP contribution >= 0.6 is 0 Å². The van der Waals surface area contributed by atoms with Crippen LogP contribution in [0.4, 0.5) is 0 Å². The van der Waals surface area contributed by atoms with E-state index in [1.165, 1.54) is 27.8 Å². The Morgan fingerprint density at radius 3 is 1.79 bits per heavy atom. The number of benzene rings is 7. The molecule has 0 aliphatic heterocycles. The first kappa shape index (κ1) is 29.6. The van der Waals surface area contributed by atoms with Gasteiger partial charge in [0.15, 0.2) is 11.6 Å². The number of hydrogen-bond acceptors (Lipinski definition) is 4. The number of para-hydroxylation sites is 2. The Bertz CT molecular complexity index is 2960. The number of aromatic nitrogens is 4. The summed E-state index contributed by atoms with van der Waals surface area (Å²) in [5.41, 5.74) is 11.0. The lowest BCUT2D eigenvalue weighted by Gasteiger charge is -2.34. The third-order valence-corrected chi connectivity index (χ3v) is 10.7. The van der Waals surface area contributed by atoms with Crippen LogP contribution in [0.3, 0.4) is 0 Å². The van der Waals surface area contributed by atoms with Crippen LogP contribution in [0.5, 0.6) is 0 Å². The average Bonchev–Trinajstić information content (AvgIpc) is 3.88. The van der Waals surface area contributed by atoms with E-state index < -0.39 is 5.41 Å². The van der Waals surface area contributed by atoms with Crippen molar-refractivity contribution in [2.75, 3.05) is 0 Å². The van der Waals surface area contributed by atoms with Gasteiger partial charge in [-0.25, -0.2) is 4.98 Å². The van der Waals surface area contributed by atoms with Gasteiger partial charge in [0.05, 0.1) is 16.6 Å². The molecule has 0 bridgehead atoms. The maximum Gasteiger partial charge on any atom is 0.238 e. The maximum atomic E-state index is 6.20. The third-order valence-electron chi connectivity index (χ3n) is 10.7. The summed E-state index contributed by atoms with van der Waals surface area (Å²) in [5.74, 6) is 1.76. The van der Waals surface area contributed by atoms with Crippen LogP contribution in [0.15, 0.2) is 186 Å². The van der Waals surface area contributed by atoms with Crippen LogP contribution in [0.1, 0.15) is 22.4 Å². The summed E-state index contributed by atoms with van der Waals surface area (Å²) in [4.78, 5) is 15.9. The first-order valence-corrected chi connectivity index (χ1v) is 17.9. The summed E-state index contributed by atoms with van der Waals surface area (Å²) < 4.78 is 8.50. The van der Waals surface area contributed by atoms with Crippen LogP contribution in [0, 0.1) is 0 Å². The summed E-state index contributed by atoms with van der Waals surface area (Å²) in [6, 6.07) is 63.7. The van der Waals surface area contributed by atoms with Gasteiger partial charge in [-0.15, -0.1) is 0 Å². The molecule has 0 fully saturated rings. The van der Waals surface area contributed by atoms with Gasteiger partial charge in [0.1, 0.15) is 11.2 Å². The Kier molecular flexibility index (Phi) is 6.40. The van der Waals surface area contributed by atoms with E-state index in [-0.39, 0.29) is 0 Å². The molecule has 5 heteroatoms. The Morgan fingerprint density at radius 2 is 1.04 bits per heavy atom. The zero-order chi connectivity index (χ0) is 34.9. The van der Waals surface area contributed by atoms with E-state index in [1.54, 1.807) is 0 Å². The van der Waals surface area contributed by atoms with E-state index in [9.17, 15) is 0 Å². The van der Waals surface area contributed by atoms with Gasteiger partial charge in [-0.1, -0.05) is 152 Å². The monoisotopic (exact) mass is 678 g/mol. The molecule has 0 spiro atoms. The minimum Gasteiger partial charge on any atom is -0.456 e. The number of furan rings is 1. The van der Waals surface area contributed by atoms with Crippen molar-refractivity contribution in [3.05, 3.63) is 204 Å². The van der Waals surface area contributed by atoms with Crippen LogP contribution in [-0.2, 0) is 5.41 Å². The molecular formula is C48H30N4O. The van der Waals surface area contributed by atoms with E-state index in [4.69, 9.17) is 19.4 Å². The second kappa shape index (κ2) is 11.5. The largest absolute Gasteiger partial charge is 0.456 e. The lowest BCUT2D eigenvalue weighted by atomic mass is 9.69. The number of hydrogen-bond donors (Lipinski definition) is 0. The predicted octanol–water partition coefficient (Wildman–Crippen LogP) is 11.4. The highest BCUT2D eigenvalue weighted by atomic mass is 16.3. The molecule has 5 nitrogen and oxygen atoms in total. The van der Waals surface area contributed by atoms with Gasteiger partial charge in [0.2, 0.25) is 5.95 Å². The number of nitrogens with zero attached hydrogens (tertiary/aromatic N) is 4. The summed E-state index contributed by atoms with van der Waals surface area (Å²) >= 11 is 0. The van der Waals surface area contributed by atoms with Crippen molar-refractivity contribution in [3.63, 3.8) is 0 Å². The fraction of sp³-hybridized carbons (Fsp3) is 0.0208. The minimum atomic E-state index is -0.665. The normalized spacial score (nSPS) is 13.1. The van der Waals surface area contributed by atoms with Gasteiger partial charge in [-0.3, -0.25) is 4.57 Å². The predicted molar refractivity (Wildman–Crippen MR) is 212 cm³/mol. The second-order valence-corrected chi connectivity index (χ2v) is 13.6. The number of fused-ring (bicyclic) bond motifs is 8. The van der Waals surface area contributed by atoms with Crippen molar-refractivity contribution in [1.29, 1.82) is 0 Å². The standard InChI is InChI=1S/C48H30N4O/c1-4-16-31(17-5-1)45-49-46(32-28-29-42-38(30-32)35-22-12-15-27-41(35)53-42)51-47(50-45)52-40-26-14-11-24-37(40)43-36-23-10-13-25-39(36)48(44(43)52,33-18-6-2-7-19-33)34-20-8-3-9-21-34/h1-30H. The molecule has 1 aliphatic rings. The average molecular weight is 679 g/mol. The zero-order valence-corrected chi connectivity index (χ0v) is 28.5. The van der Waals surface area contributed by atoms with Crippen LogP contribution < -0.4 is 0 Å². The highest BCUT2D eigenvalue weighted by Crippen LogP contribution is 2.59. The van der Waals surface area contributed by atoms with Crippen LogP contribution in [0.2, 0.25) is 0 Å². The van der Waals surface area contributed by atoms with Crippen molar-refractivity contribution in [2.24, 2.45) is 0 Å². The smallest absolute Gasteiger partial charge is 0.238 e. The van der Waals surface area contributed by atoms with Gasteiger partial charge in [0, 0.05) is 32.8 Å². The maximum absolute atomic E-state index is 6.20. The van der Waals surface area contributed by atoms with Crippen molar-refractivity contribution in [3.8, 4) is 39.9 Å². The highest BCUT2D eigenvalue weighted by molar-refractivity contribution is 6.07. The molecule has 3 heterocycles. The van der Waals surface area contributed by atoms with E-state index in [0.29, 0.717) is 17.6 Å².